The number of nitrogens with zero attached hydrogens (tertiary/aromatic N) is 1. The lowest BCUT2D eigenvalue weighted by Crippen LogP contribution is -2.42. The molecule has 3 nitrogen and oxygen atoms in total. The van der Waals surface area contributed by atoms with Crippen molar-refractivity contribution in [2.45, 2.75) is 27.2 Å². The minimum atomic E-state index is 0.124. The molecule has 1 fully saturated rings. The topological polar surface area (TPSA) is 46.3 Å². The molecular weight excluding hydrogens is 224 g/mol. The van der Waals surface area contributed by atoms with Crippen molar-refractivity contribution in [3.05, 3.63) is 29.3 Å². The molecule has 1 aliphatic heterocycles. The highest BCUT2D eigenvalue weighted by atomic mass is 16.2. The van der Waals surface area contributed by atoms with Crippen LogP contribution in [0.2, 0.25) is 0 Å². The second kappa shape index (κ2) is 5.01. The van der Waals surface area contributed by atoms with Gasteiger partial charge in [-0.3, -0.25) is 4.79 Å². The molecule has 1 aromatic carbocycles. The Morgan fingerprint density at radius 3 is 2.72 bits per heavy atom. The van der Waals surface area contributed by atoms with Crippen LogP contribution in [-0.4, -0.2) is 23.9 Å². The van der Waals surface area contributed by atoms with Crippen molar-refractivity contribution in [1.82, 2.24) is 4.90 Å². The van der Waals surface area contributed by atoms with E-state index in [-0.39, 0.29) is 5.91 Å². The molecule has 1 aliphatic rings. The second-order valence-corrected chi connectivity index (χ2v) is 5.51. The lowest BCUT2D eigenvalue weighted by Gasteiger charge is -2.35. The maximum absolute atomic E-state index is 12.5. The molecule has 2 N–H and O–H groups in total. The fraction of sp³-hybridized carbons (Fsp3) is 0.533. The van der Waals surface area contributed by atoms with Crippen molar-refractivity contribution < 1.29 is 4.79 Å². The van der Waals surface area contributed by atoms with Gasteiger partial charge in [0.1, 0.15) is 0 Å². The first-order valence-electron chi connectivity index (χ1n) is 6.65. The Labute approximate surface area is 109 Å². The van der Waals surface area contributed by atoms with E-state index in [1.165, 1.54) is 0 Å². The van der Waals surface area contributed by atoms with Gasteiger partial charge in [0, 0.05) is 24.3 Å². The fourth-order valence-electron chi connectivity index (χ4n) is 2.50. The first-order valence-corrected chi connectivity index (χ1v) is 6.65. The molecule has 0 saturated carbocycles. The summed E-state index contributed by atoms with van der Waals surface area (Å²) in [7, 11) is 0. The molecule has 1 saturated heterocycles. The van der Waals surface area contributed by atoms with Gasteiger partial charge in [-0.25, -0.2) is 0 Å². The van der Waals surface area contributed by atoms with Gasteiger partial charge in [0.05, 0.1) is 0 Å². The number of nitrogens with two attached hydrogens (primary N) is 1. The number of carbonyl (C=O) groups is 1. The van der Waals surface area contributed by atoms with Crippen LogP contribution in [-0.2, 0) is 0 Å². The van der Waals surface area contributed by atoms with Crippen LogP contribution in [0.25, 0.3) is 0 Å². The lowest BCUT2D eigenvalue weighted by molar-refractivity contribution is 0.0627. The van der Waals surface area contributed by atoms with Crippen LogP contribution in [0.3, 0.4) is 0 Å². The largest absolute Gasteiger partial charge is 0.398 e. The number of piperidine rings is 1. The summed E-state index contributed by atoms with van der Waals surface area (Å²) in [5, 5.41) is 0. The molecule has 2 unspecified atom stereocenters. The number of carbonyl (C=O) groups excluding carboxylic acids is 1. The standard InChI is InChI=1S/C15H22N2O/c1-10-7-8-17(9-11(10)2)15(18)13-5-4-6-14(16)12(13)3/h4-6,10-11H,7-9,16H2,1-3H3. The summed E-state index contributed by atoms with van der Waals surface area (Å²) < 4.78 is 0. The van der Waals surface area contributed by atoms with E-state index in [9.17, 15) is 4.79 Å². The SMILES string of the molecule is Cc1c(N)cccc1C(=O)N1CCC(C)C(C)C1. The maximum atomic E-state index is 12.5. The molecule has 1 heterocycles. The summed E-state index contributed by atoms with van der Waals surface area (Å²) in [4.78, 5) is 14.5. The third kappa shape index (κ3) is 2.35. The van der Waals surface area contributed by atoms with Gasteiger partial charge >= 0.3 is 0 Å². The number of benzene rings is 1. The molecule has 1 aromatic rings. The van der Waals surface area contributed by atoms with Crippen molar-refractivity contribution >= 4 is 11.6 Å². The monoisotopic (exact) mass is 246 g/mol. The molecule has 0 bridgehead atoms. The van der Waals surface area contributed by atoms with Crippen LogP contribution >= 0.6 is 0 Å². The summed E-state index contributed by atoms with van der Waals surface area (Å²) >= 11 is 0. The number of anilines is 1. The highest BCUT2D eigenvalue weighted by molar-refractivity contribution is 5.97. The van der Waals surface area contributed by atoms with Gasteiger partial charge in [-0.1, -0.05) is 19.9 Å². The van der Waals surface area contributed by atoms with Gasteiger partial charge < -0.3 is 10.6 Å². The Hall–Kier alpha value is -1.51. The van der Waals surface area contributed by atoms with Crippen molar-refractivity contribution in [3.8, 4) is 0 Å². The summed E-state index contributed by atoms with van der Waals surface area (Å²) in [5.74, 6) is 1.40. The quantitative estimate of drug-likeness (QED) is 0.774. The predicted molar refractivity (Wildman–Crippen MR) is 74.4 cm³/mol. The second-order valence-electron chi connectivity index (χ2n) is 5.51. The number of amides is 1. The number of hydrogen-bond acceptors (Lipinski definition) is 2. The third-order valence-corrected chi connectivity index (χ3v) is 4.23. The number of rotatable bonds is 1. The van der Waals surface area contributed by atoms with E-state index in [1.807, 2.05) is 30.0 Å². The van der Waals surface area contributed by atoms with Crippen molar-refractivity contribution in [1.29, 1.82) is 0 Å². The zero-order valence-electron chi connectivity index (χ0n) is 11.4. The molecule has 18 heavy (non-hydrogen) atoms. The lowest BCUT2D eigenvalue weighted by atomic mass is 9.88. The van der Waals surface area contributed by atoms with E-state index in [0.717, 1.165) is 30.6 Å². The van der Waals surface area contributed by atoms with Crippen LogP contribution < -0.4 is 5.73 Å². The van der Waals surface area contributed by atoms with Crippen LogP contribution in [0.4, 0.5) is 5.69 Å². The molecule has 0 spiro atoms. The van der Waals surface area contributed by atoms with Crippen LogP contribution in [0.5, 0.6) is 0 Å². The molecule has 3 heteroatoms. The average molecular weight is 246 g/mol. The minimum Gasteiger partial charge on any atom is -0.398 e. The zero-order chi connectivity index (χ0) is 13.3. The van der Waals surface area contributed by atoms with E-state index >= 15 is 0 Å². The summed E-state index contributed by atoms with van der Waals surface area (Å²) in [6.07, 6.45) is 1.09. The minimum absolute atomic E-state index is 0.124. The van der Waals surface area contributed by atoms with Gasteiger partial charge in [0.2, 0.25) is 0 Å². The molecule has 2 rings (SSSR count). The van der Waals surface area contributed by atoms with E-state index in [4.69, 9.17) is 5.73 Å². The molecule has 0 radical (unpaired) electrons. The van der Waals surface area contributed by atoms with Crippen molar-refractivity contribution in [3.63, 3.8) is 0 Å². The number of likely N-dealkylation sites (tertiary alicyclic amines) is 1. The summed E-state index contributed by atoms with van der Waals surface area (Å²) in [5.41, 5.74) is 8.20. The maximum Gasteiger partial charge on any atom is 0.254 e. The average Bonchev–Trinajstić information content (AvgIpc) is 2.35. The fourth-order valence-corrected chi connectivity index (χ4v) is 2.50. The molecule has 0 aromatic heterocycles. The van der Waals surface area contributed by atoms with Crippen molar-refractivity contribution in [2.24, 2.45) is 11.8 Å². The van der Waals surface area contributed by atoms with Gasteiger partial charge in [-0.2, -0.15) is 0 Å². The first-order chi connectivity index (χ1) is 8.50. The van der Waals surface area contributed by atoms with Gasteiger partial charge in [0.15, 0.2) is 0 Å². The normalized spacial score (nSPS) is 24.1. The Morgan fingerprint density at radius 2 is 2.06 bits per heavy atom. The van der Waals surface area contributed by atoms with Gasteiger partial charge in [-0.05, 0) is 42.9 Å². The summed E-state index contributed by atoms with van der Waals surface area (Å²) in [6, 6.07) is 5.56. The molecule has 1 amide bonds. The van der Waals surface area contributed by atoms with E-state index in [2.05, 4.69) is 13.8 Å². The van der Waals surface area contributed by atoms with Crippen LogP contribution in [0, 0.1) is 18.8 Å². The Balaban J connectivity index is 2.19. The third-order valence-electron chi connectivity index (χ3n) is 4.23. The number of hydrogen-bond donors (Lipinski definition) is 1. The Bertz CT molecular complexity index is 456. The van der Waals surface area contributed by atoms with E-state index in [0.29, 0.717) is 17.5 Å². The van der Waals surface area contributed by atoms with Crippen LogP contribution in [0.1, 0.15) is 36.2 Å². The highest BCUT2D eigenvalue weighted by Gasteiger charge is 2.27. The van der Waals surface area contributed by atoms with Gasteiger partial charge in [-0.15, -0.1) is 0 Å². The smallest absolute Gasteiger partial charge is 0.254 e. The first kappa shape index (κ1) is 12.9. The molecular formula is C15H22N2O. The Kier molecular flexibility index (Phi) is 3.60. The van der Waals surface area contributed by atoms with E-state index in [1.54, 1.807) is 0 Å². The molecule has 2 atom stereocenters. The van der Waals surface area contributed by atoms with Gasteiger partial charge in [0.25, 0.3) is 5.91 Å². The zero-order valence-corrected chi connectivity index (χ0v) is 11.4. The number of nitrogen functional groups attached to an aromatic ring is 1. The van der Waals surface area contributed by atoms with Crippen molar-refractivity contribution in [2.75, 3.05) is 18.8 Å². The molecule has 0 aliphatic carbocycles. The Morgan fingerprint density at radius 1 is 1.33 bits per heavy atom. The highest BCUT2D eigenvalue weighted by Crippen LogP contribution is 2.25. The van der Waals surface area contributed by atoms with E-state index < -0.39 is 0 Å². The van der Waals surface area contributed by atoms with Crippen LogP contribution in [0.15, 0.2) is 18.2 Å². The summed E-state index contributed by atoms with van der Waals surface area (Å²) in [6.45, 7) is 8.11. The molecule has 98 valence electrons. The predicted octanol–water partition coefficient (Wildman–Crippen LogP) is 2.70.